The fourth-order valence-corrected chi connectivity index (χ4v) is 1.73. The molecule has 0 amide bonds. The van der Waals surface area contributed by atoms with Gasteiger partial charge in [0.25, 0.3) is 0 Å². The molecule has 0 saturated carbocycles. The van der Waals surface area contributed by atoms with Crippen LogP contribution >= 0.6 is 0 Å². The Hall–Kier alpha value is -1.18. The molecular formula is C14H18F2. The monoisotopic (exact) mass is 224 g/mol. The highest BCUT2D eigenvalue weighted by Gasteiger charge is 2.14. The molecule has 0 radical (unpaired) electrons. The van der Waals surface area contributed by atoms with E-state index in [0.29, 0.717) is 17.9 Å². The topological polar surface area (TPSA) is 0 Å². The molecule has 0 fully saturated rings. The van der Waals surface area contributed by atoms with Gasteiger partial charge in [0.05, 0.1) is 0 Å². The molecule has 0 saturated heterocycles. The highest BCUT2D eigenvalue weighted by atomic mass is 19.2. The Kier molecular flexibility index (Phi) is 4.66. The van der Waals surface area contributed by atoms with Gasteiger partial charge >= 0.3 is 0 Å². The van der Waals surface area contributed by atoms with Crippen molar-refractivity contribution in [1.82, 2.24) is 0 Å². The predicted octanol–water partition coefficient (Wildman–Crippen LogP) is 4.36. The van der Waals surface area contributed by atoms with Crippen molar-refractivity contribution in [3.8, 4) is 0 Å². The lowest BCUT2D eigenvalue weighted by Gasteiger charge is -2.17. The standard InChI is InChI=1S/C14H18F2/c1-4-6-11(10(2)3)9-12-7-5-8-13(15)14(12)16/h4-8,10-11H,9H2,1-3H3/b6-4+. The van der Waals surface area contributed by atoms with E-state index in [1.165, 1.54) is 0 Å². The molecule has 1 unspecified atom stereocenters. The molecular weight excluding hydrogens is 206 g/mol. The number of allylic oxidation sites excluding steroid dienone is 2. The molecule has 0 spiro atoms. The minimum atomic E-state index is -0.763. The zero-order valence-corrected chi connectivity index (χ0v) is 10.0. The first-order valence-electron chi connectivity index (χ1n) is 5.62. The van der Waals surface area contributed by atoms with E-state index in [2.05, 4.69) is 19.9 Å². The number of hydrogen-bond acceptors (Lipinski definition) is 0. The van der Waals surface area contributed by atoms with Crippen LogP contribution in [-0.4, -0.2) is 0 Å². The van der Waals surface area contributed by atoms with Crippen LogP contribution in [0.5, 0.6) is 0 Å². The molecule has 1 rings (SSSR count). The Bertz CT molecular complexity index is 367. The third-order valence-corrected chi connectivity index (χ3v) is 2.78. The van der Waals surface area contributed by atoms with Crippen molar-refractivity contribution < 1.29 is 8.78 Å². The van der Waals surface area contributed by atoms with Crippen LogP contribution in [0.15, 0.2) is 30.4 Å². The van der Waals surface area contributed by atoms with Crippen molar-refractivity contribution in [3.05, 3.63) is 47.5 Å². The van der Waals surface area contributed by atoms with E-state index in [9.17, 15) is 8.78 Å². The van der Waals surface area contributed by atoms with E-state index in [0.717, 1.165) is 6.07 Å². The molecule has 1 aromatic rings. The van der Waals surface area contributed by atoms with Crippen LogP contribution in [-0.2, 0) is 6.42 Å². The molecule has 2 heteroatoms. The van der Waals surface area contributed by atoms with Gasteiger partial charge in [-0.3, -0.25) is 0 Å². The highest BCUT2D eigenvalue weighted by molar-refractivity contribution is 5.20. The number of hydrogen-bond donors (Lipinski definition) is 0. The molecule has 16 heavy (non-hydrogen) atoms. The van der Waals surface area contributed by atoms with Gasteiger partial charge in [-0.05, 0) is 36.8 Å². The molecule has 1 aromatic carbocycles. The summed E-state index contributed by atoms with van der Waals surface area (Å²) in [5, 5.41) is 0. The second-order valence-electron chi connectivity index (χ2n) is 4.35. The molecule has 0 nitrogen and oxygen atoms in total. The predicted molar refractivity (Wildman–Crippen MR) is 63.2 cm³/mol. The van der Waals surface area contributed by atoms with Crippen molar-refractivity contribution in [2.24, 2.45) is 11.8 Å². The Balaban J connectivity index is 2.89. The lowest BCUT2D eigenvalue weighted by atomic mass is 9.88. The first-order valence-corrected chi connectivity index (χ1v) is 5.62. The minimum Gasteiger partial charge on any atom is -0.204 e. The third kappa shape index (κ3) is 3.16. The summed E-state index contributed by atoms with van der Waals surface area (Å²) in [5.41, 5.74) is 0.455. The van der Waals surface area contributed by atoms with Crippen LogP contribution in [0, 0.1) is 23.5 Å². The summed E-state index contributed by atoms with van der Waals surface area (Å²) >= 11 is 0. The number of benzene rings is 1. The summed E-state index contributed by atoms with van der Waals surface area (Å²) in [7, 11) is 0. The molecule has 88 valence electrons. The maximum absolute atomic E-state index is 13.5. The van der Waals surface area contributed by atoms with E-state index in [1.807, 2.05) is 13.0 Å². The lowest BCUT2D eigenvalue weighted by molar-refractivity contribution is 0.441. The van der Waals surface area contributed by atoms with Crippen LogP contribution in [0.4, 0.5) is 8.78 Å². The first kappa shape index (κ1) is 12.9. The fourth-order valence-electron chi connectivity index (χ4n) is 1.73. The van der Waals surface area contributed by atoms with Gasteiger partial charge in [0.1, 0.15) is 0 Å². The maximum Gasteiger partial charge on any atom is 0.162 e. The summed E-state index contributed by atoms with van der Waals surface area (Å²) in [6.45, 7) is 6.11. The molecule has 1 atom stereocenters. The second kappa shape index (κ2) is 5.78. The van der Waals surface area contributed by atoms with Gasteiger partial charge in [-0.2, -0.15) is 0 Å². The van der Waals surface area contributed by atoms with Crippen molar-refractivity contribution in [1.29, 1.82) is 0 Å². The number of rotatable bonds is 4. The first-order chi connectivity index (χ1) is 7.56. The Morgan fingerprint density at radius 3 is 2.50 bits per heavy atom. The second-order valence-corrected chi connectivity index (χ2v) is 4.35. The normalized spacial score (nSPS) is 13.6. The van der Waals surface area contributed by atoms with Gasteiger partial charge in [0.2, 0.25) is 0 Å². The third-order valence-electron chi connectivity index (χ3n) is 2.78. The van der Waals surface area contributed by atoms with Crippen molar-refractivity contribution in [3.63, 3.8) is 0 Å². The minimum absolute atomic E-state index is 0.251. The van der Waals surface area contributed by atoms with Crippen LogP contribution in [0.25, 0.3) is 0 Å². The SMILES string of the molecule is C/C=C/C(Cc1cccc(F)c1F)C(C)C. The molecule has 0 N–H and O–H groups in total. The zero-order chi connectivity index (χ0) is 12.1. The average molecular weight is 224 g/mol. The van der Waals surface area contributed by atoms with Gasteiger partial charge in [0.15, 0.2) is 11.6 Å². The van der Waals surface area contributed by atoms with Crippen molar-refractivity contribution in [2.75, 3.05) is 0 Å². The highest BCUT2D eigenvalue weighted by Crippen LogP contribution is 2.21. The summed E-state index contributed by atoms with van der Waals surface area (Å²) in [5.74, 6) is -0.807. The quantitative estimate of drug-likeness (QED) is 0.667. The molecule has 0 aliphatic carbocycles. The summed E-state index contributed by atoms with van der Waals surface area (Å²) in [6.07, 6.45) is 4.56. The van der Waals surface area contributed by atoms with Gasteiger partial charge in [0, 0.05) is 0 Å². The Labute approximate surface area is 96.0 Å². The summed E-state index contributed by atoms with van der Waals surface area (Å²) in [4.78, 5) is 0. The van der Waals surface area contributed by atoms with Gasteiger partial charge in [-0.1, -0.05) is 38.1 Å². The summed E-state index contributed by atoms with van der Waals surface area (Å²) in [6, 6.07) is 4.36. The van der Waals surface area contributed by atoms with E-state index in [1.54, 1.807) is 12.1 Å². The van der Waals surface area contributed by atoms with Crippen LogP contribution in [0.1, 0.15) is 26.3 Å². The lowest BCUT2D eigenvalue weighted by Crippen LogP contribution is -2.10. The smallest absolute Gasteiger partial charge is 0.162 e. The zero-order valence-electron chi connectivity index (χ0n) is 10.0. The van der Waals surface area contributed by atoms with E-state index >= 15 is 0 Å². The van der Waals surface area contributed by atoms with Crippen LogP contribution < -0.4 is 0 Å². The van der Waals surface area contributed by atoms with Crippen molar-refractivity contribution in [2.45, 2.75) is 27.2 Å². The molecule has 0 aliphatic heterocycles. The largest absolute Gasteiger partial charge is 0.204 e. The van der Waals surface area contributed by atoms with E-state index < -0.39 is 11.6 Å². The molecule has 0 heterocycles. The van der Waals surface area contributed by atoms with Crippen LogP contribution in [0.3, 0.4) is 0 Å². The number of halogens is 2. The van der Waals surface area contributed by atoms with Gasteiger partial charge in [-0.15, -0.1) is 0 Å². The Morgan fingerprint density at radius 1 is 1.25 bits per heavy atom. The molecule has 0 bridgehead atoms. The molecule has 0 aliphatic rings. The summed E-state index contributed by atoms with van der Waals surface area (Å²) < 4.78 is 26.5. The average Bonchev–Trinajstić information content (AvgIpc) is 2.23. The van der Waals surface area contributed by atoms with Gasteiger partial charge in [-0.25, -0.2) is 8.78 Å². The molecule has 0 aromatic heterocycles. The maximum atomic E-state index is 13.5. The Morgan fingerprint density at radius 2 is 1.94 bits per heavy atom. The fraction of sp³-hybridized carbons (Fsp3) is 0.429. The van der Waals surface area contributed by atoms with Gasteiger partial charge < -0.3 is 0 Å². The van der Waals surface area contributed by atoms with Crippen LogP contribution in [0.2, 0.25) is 0 Å². The van der Waals surface area contributed by atoms with E-state index in [-0.39, 0.29) is 5.92 Å². The van der Waals surface area contributed by atoms with Crippen molar-refractivity contribution >= 4 is 0 Å². The van der Waals surface area contributed by atoms with E-state index in [4.69, 9.17) is 0 Å².